The van der Waals surface area contributed by atoms with Crippen LogP contribution in [0, 0.1) is 0 Å². The van der Waals surface area contributed by atoms with Crippen molar-refractivity contribution in [2.75, 3.05) is 7.11 Å². The van der Waals surface area contributed by atoms with E-state index in [-0.39, 0.29) is 5.76 Å². The third-order valence-corrected chi connectivity index (χ3v) is 1.62. The van der Waals surface area contributed by atoms with Crippen molar-refractivity contribution in [3.05, 3.63) is 23.2 Å². The van der Waals surface area contributed by atoms with Crippen molar-refractivity contribution in [1.82, 2.24) is 0 Å². The van der Waals surface area contributed by atoms with Crippen molar-refractivity contribution in [1.29, 1.82) is 0 Å². The van der Waals surface area contributed by atoms with Crippen LogP contribution in [-0.2, 0) is 9.53 Å². The lowest BCUT2D eigenvalue weighted by atomic mass is 10.0. The van der Waals surface area contributed by atoms with Gasteiger partial charge in [-0.3, -0.25) is 4.79 Å². The molecule has 0 fully saturated rings. The van der Waals surface area contributed by atoms with Crippen molar-refractivity contribution >= 4 is 6.29 Å². The van der Waals surface area contributed by atoms with E-state index < -0.39 is 0 Å². The molecule has 0 aliphatic heterocycles. The number of ether oxygens (including phenoxy) is 1. The summed E-state index contributed by atoms with van der Waals surface area (Å²) in [5.74, 6) is 0.622. The molecule has 0 aromatic heterocycles. The van der Waals surface area contributed by atoms with Gasteiger partial charge in [-0.1, -0.05) is 0 Å². The third-order valence-electron chi connectivity index (χ3n) is 1.62. The summed E-state index contributed by atoms with van der Waals surface area (Å²) in [5.41, 5.74) is 0.666. The first-order valence-corrected chi connectivity index (χ1v) is 3.39. The van der Waals surface area contributed by atoms with Crippen LogP contribution in [-0.4, -0.2) is 18.5 Å². The zero-order chi connectivity index (χ0) is 8.27. The monoisotopic (exact) mass is 154 g/mol. The van der Waals surface area contributed by atoms with E-state index in [1.54, 1.807) is 6.08 Å². The molecule has 3 heteroatoms. The summed E-state index contributed by atoms with van der Waals surface area (Å²) in [5, 5.41) is 9.18. The Morgan fingerprint density at radius 3 is 2.91 bits per heavy atom. The van der Waals surface area contributed by atoms with Gasteiger partial charge in [-0.15, -0.1) is 0 Å². The molecule has 1 N–H and O–H groups in total. The first kappa shape index (κ1) is 7.85. The number of carbonyl (C=O) groups is 1. The van der Waals surface area contributed by atoms with Gasteiger partial charge in [0.25, 0.3) is 0 Å². The van der Waals surface area contributed by atoms with E-state index in [0.717, 1.165) is 6.29 Å². The highest BCUT2D eigenvalue weighted by Crippen LogP contribution is 2.20. The van der Waals surface area contributed by atoms with Gasteiger partial charge in [0.2, 0.25) is 0 Å². The van der Waals surface area contributed by atoms with E-state index in [1.807, 2.05) is 0 Å². The normalized spacial score (nSPS) is 17.7. The fraction of sp³-hybridized carbons (Fsp3) is 0.375. The number of carbonyl (C=O) groups excluding carboxylic acids is 1. The number of rotatable bonds is 2. The first-order chi connectivity index (χ1) is 5.27. The molecule has 0 bridgehead atoms. The molecule has 0 amide bonds. The molecule has 0 saturated heterocycles. The molecule has 0 spiro atoms. The number of aliphatic hydroxyl groups is 1. The van der Waals surface area contributed by atoms with E-state index in [2.05, 4.69) is 0 Å². The van der Waals surface area contributed by atoms with Crippen molar-refractivity contribution in [3.8, 4) is 0 Å². The van der Waals surface area contributed by atoms with Crippen LogP contribution < -0.4 is 0 Å². The van der Waals surface area contributed by atoms with Crippen molar-refractivity contribution < 1.29 is 14.6 Å². The van der Waals surface area contributed by atoms with Crippen LogP contribution in [0.5, 0.6) is 0 Å². The molecule has 1 aliphatic rings. The molecule has 3 nitrogen and oxygen atoms in total. The van der Waals surface area contributed by atoms with Gasteiger partial charge in [-0.05, 0) is 18.1 Å². The van der Waals surface area contributed by atoms with E-state index in [0.29, 0.717) is 24.2 Å². The van der Waals surface area contributed by atoms with Gasteiger partial charge in [0.15, 0.2) is 5.76 Å². The molecule has 0 aromatic carbocycles. The Hall–Kier alpha value is -1.25. The molecular weight excluding hydrogens is 144 g/mol. The number of aldehydes is 1. The lowest BCUT2D eigenvalue weighted by Crippen LogP contribution is -2.01. The maximum atomic E-state index is 10.3. The quantitative estimate of drug-likeness (QED) is 0.610. The Morgan fingerprint density at radius 2 is 2.36 bits per heavy atom. The molecule has 0 radical (unpaired) electrons. The molecule has 0 unspecified atom stereocenters. The minimum Gasteiger partial charge on any atom is -0.508 e. The van der Waals surface area contributed by atoms with Crippen LogP contribution in [0.1, 0.15) is 12.8 Å². The van der Waals surface area contributed by atoms with Crippen molar-refractivity contribution in [2.45, 2.75) is 12.8 Å². The SMILES string of the molecule is COC1=C(O)CCC(C=O)=C1. The van der Waals surface area contributed by atoms with Crippen LogP contribution in [0.3, 0.4) is 0 Å². The van der Waals surface area contributed by atoms with Crippen LogP contribution >= 0.6 is 0 Å². The van der Waals surface area contributed by atoms with Crippen molar-refractivity contribution in [2.24, 2.45) is 0 Å². The van der Waals surface area contributed by atoms with Gasteiger partial charge in [-0.25, -0.2) is 0 Å². The number of hydrogen-bond acceptors (Lipinski definition) is 3. The number of methoxy groups -OCH3 is 1. The van der Waals surface area contributed by atoms with Crippen LogP contribution in [0.25, 0.3) is 0 Å². The average Bonchev–Trinajstić information content (AvgIpc) is 2.05. The van der Waals surface area contributed by atoms with Crippen molar-refractivity contribution in [3.63, 3.8) is 0 Å². The molecule has 1 rings (SSSR count). The topological polar surface area (TPSA) is 46.5 Å². The standard InChI is InChI=1S/C8H10O3/c1-11-8-4-6(5-9)2-3-7(8)10/h4-5,10H,2-3H2,1H3. The fourth-order valence-corrected chi connectivity index (χ4v) is 0.979. The van der Waals surface area contributed by atoms with E-state index in [1.165, 1.54) is 7.11 Å². The smallest absolute Gasteiger partial charge is 0.156 e. The summed E-state index contributed by atoms with van der Waals surface area (Å²) < 4.78 is 4.83. The van der Waals surface area contributed by atoms with Gasteiger partial charge in [0.05, 0.1) is 7.11 Å². The Labute approximate surface area is 65.0 Å². The highest BCUT2D eigenvalue weighted by atomic mass is 16.5. The largest absolute Gasteiger partial charge is 0.508 e. The summed E-state index contributed by atoms with van der Waals surface area (Å²) in [6, 6.07) is 0. The Kier molecular flexibility index (Phi) is 2.31. The van der Waals surface area contributed by atoms with Crippen LogP contribution in [0.15, 0.2) is 23.2 Å². The number of aliphatic hydroxyl groups excluding tert-OH is 1. The molecule has 60 valence electrons. The van der Waals surface area contributed by atoms with Gasteiger partial charge >= 0.3 is 0 Å². The van der Waals surface area contributed by atoms with Gasteiger partial charge < -0.3 is 9.84 Å². The Balaban J connectivity index is 2.86. The molecule has 0 atom stereocenters. The molecule has 0 aromatic rings. The lowest BCUT2D eigenvalue weighted by molar-refractivity contribution is -0.105. The van der Waals surface area contributed by atoms with Crippen LogP contribution in [0.2, 0.25) is 0 Å². The second-order valence-electron chi connectivity index (χ2n) is 2.35. The molecule has 11 heavy (non-hydrogen) atoms. The van der Waals surface area contributed by atoms with E-state index in [4.69, 9.17) is 4.74 Å². The van der Waals surface area contributed by atoms with Gasteiger partial charge in [-0.2, -0.15) is 0 Å². The van der Waals surface area contributed by atoms with E-state index in [9.17, 15) is 9.90 Å². The first-order valence-electron chi connectivity index (χ1n) is 3.39. The summed E-state index contributed by atoms with van der Waals surface area (Å²) in [4.78, 5) is 10.3. The number of allylic oxidation sites excluding steroid dienone is 3. The average molecular weight is 154 g/mol. The van der Waals surface area contributed by atoms with Crippen LogP contribution in [0.4, 0.5) is 0 Å². The van der Waals surface area contributed by atoms with Gasteiger partial charge in [0.1, 0.15) is 12.0 Å². The third kappa shape index (κ3) is 1.61. The summed E-state index contributed by atoms with van der Waals surface area (Å²) in [6.45, 7) is 0. The minimum absolute atomic E-state index is 0.220. The Bertz CT molecular complexity index is 225. The fourth-order valence-electron chi connectivity index (χ4n) is 0.979. The second kappa shape index (κ2) is 3.23. The highest BCUT2D eigenvalue weighted by Gasteiger charge is 2.11. The summed E-state index contributed by atoms with van der Waals surface area (Å²) in [6.07, 6.45) is 3.44. The zero-order valence-electron chi connectivity index (χ0n) is 6.33. The number of hydrogen-bond donors (Lipinski definition) is 1. The highest BCUT2D eigenvalue weighted by molar-refractivity contribution is 5.74. The predicted molar refractivity (Wildman–Crippen MR) is 40.0 cm³/mol. The summed E-state index contributed by atoms with van der Waals surface area (Å²) >= 11 is 0. The summed E-state index contributed by atoms with van der Waals surface area (Å²) in [7, 11) is 1.47. The lowest BCUT2D eigenvalue weighted by Gasteiger charge is -2.11. The maximum Gasteiger partial charge on any atom is 0.156 e. The van der Waals surface area contributed by atoms with E-state index >= 15 is 0 Å². The molecule has 0 heterocycles. The van der Waals surface area contributed by atoms with Gasteiger partial charge in [0, 0.05) is 6.42 Å². The second-order valence-corrected chi connectivity index (χ2v) is 2.35. The molecular formula is C8H10O3. The Morgan fingerprint density at radius 1 is 1.64 bits per heavy atom. The minimum atomic E-state index is 0.220. The zero-order valence-corrected chi connectivity index (χ0v) is 6.33. The molecule has 1 aliphatic carbocycles. The predicted octanol–water partition coefficient (Wildman–Crippen LogP) is 1.32. The molecule has 0 saturated carbocycles. The maximum absolute atomic E-state index is 10.3.